The van der Waals surface area contributed by atoms with Crippen molar-refractivity contribution in [2.24, 2.45) is 0 Å². The van der Waals surface area contributed by atoms with Gasteiger partial charge in [0, 0.05) is 22.7 Å². The third kappa shape index (κ3) is 3.16. The first kappa shape index (κ1) is 17.2. The highest BCUT2D eigenvalue weighted by Crippen LogP contribution is 2.33. The monoisotopic (exact) mass is 381 g/mol. The second kappa shape index (κ2) is 7.27. The van der Waals surface area contributed by atoms with Gasteiger partial charge in [0.05, 0.1) is 18.1 Å². The van der Waals surface area contributed by atoms with Crippen molar-refractivity contribution in [2.45, 2.75) is 19.4 Å². The van der Waals surface area contributed by atoms with E-state index in [1.165, 1.54) is 6.33 Å². The minimum Gasteiger partial charge on any atom is -0.361 e. The smallest absolute Gasteiger partial charge is 0.182 e. The molecule has 4 heterocycles. The van der Waals surface area contributed by atoms with Crippen LogP contribution in [0.2, 0.25) is 0 Å². The van der Waals surface area contributed by atoms with E-state index in [0.29, 0.717) is 5.65 Å². The van der Waals surface area contributed by atoms with E-state index < -0.39 is 0 Å². The maximum absolute atomic E-state index is 4.90. The average molecular weight is 381 g/mol. The summed E-state index contributed by atoms with van der Waals surface area (Å²) >= 11 is 0. The number of H-pyrrole nitrogens is 1. The van der Waals surface area contributed by atoms with E-state index in [2.05, 4.69) is 55.4 Å². The zero-order chi connectivity index (χ0) is 19.6. The van der Waals surface area contributed by atoms with Gasteiger partial charge in [0.15, 0.2) is 17.1 Å². The van der Waals surface area contributed by atoms with Gasteiger partial charge in [0.25, 0.3) is 0 Å². The zero-order valence-corrected chi connectivity index (χ0v) is 15.9. The van der Waals surface area contributed by atoms with Crippen LogP contribution in [0.15, 0.2) is 67.4 Å². The summed E-state index contributed by atoms with van der Waals surface area (Å²) in [7, 11) is 0. The lowest BCUT2D eigenvalue weighted by Crippen LogP contribution is -2.13. The fourth-order valence-electron chi connectivity index (χ4n) is 3.55. The third-order valence-corrected chi connectivity index (χ3v) is 4.98. The first-order valence-corrected chi connectivity index (χ1v) is 9.55. The average Bonchev–Trinajstić information content (AvgIpc) is 3.27. The van der Waals surface area contributed by atoms with Gasteiger partial charge in [-0.3, -0.25) is 0 Å². The summed E-state index contributed by atoms with van der Waals surface area (Å²) in [4.78, 5) is 25.3. The summed E-state index contributed by atoms with van der Waals surface area (Å²) in [5.41, 5.74) is 5.26. The zero-order valence-electron chi connectivity index (χ0n) is 15.9. The number of anilines is 1. The van der Waals surface area contributed by atoms with Gasteiger partial charge in [-0.05, 0) is 24.6 Å². The van der Waals surface area contributed by atoms with Crippen molar-refractivity contribution >= 4 is 28.0 Å². The molecule has 5 aromatic rings. The number of aromatic amines is 1. The number of rotatable bonds is 5. The Morgan fingerprint density at radius 2 is 1.86 bits per heavy atom. The van der Waals surface area contributed by atoms with Crippen molar-refractivity contribution in [1.29, 1.82) is 0 Å². The Morgan fingerprint density at radius 3 is 2.72 bits per heavy atom. The van der Waals surface area contributed by atoms with Gasteiger partial charge in [0.1, 0.15) is 11.8 Å². The van der Waals surface area contributed by atoms with Gasteiger partial charge in [-0.25, -0.2) is 24.9 Å². The van der Waals surface area contributed by atoms with E-state index >= 15 is 0 Å². The van der Waals surface area contributed by atoms with Crippen LogP contribution in [0.25, 0.3) is 33.5 Å². The van der Waals surface area contributed by atoms with Gasteiger partial charge < -0.3 is 10.3 Å². The normalized spacial score (nSPS) is 12.3. The molecule has 7 nitrogen and oxygen atoms in total. The van der Waals surface area contributed by atoms with Gasteiger partial charge in [-0.2, -0.15) is 0 Å². The standard InChI is InChI=1S/C22H19N7/c1-2-17(28-22-19-21(25-12-24-19)26-13-27-22)16-11-15-9-6-10-23-20(15)29-18(16)14-7-4-3-5-8-14/h3-13,17H,2H2,1H3,(H2,24,25,26,27,28). The van der Waals surface area contributed by atoms with E-state index in [-0.39, 0.29) is 6.04 Å². The number of nitrogens with one attached hydrogen (secondary N) is 2. The maximum atomic E-state index is 4.90. The van der Waals surface area contributed by atoms with Crippen molar-refractivity contribution in [3.63, 3.8) is 0 Å². The second-order valence-electron chi connectivity index (χ2n) is 6.77. The fourth-order valence-corrected chi connectivity index (χ4v) is 3.55. The molecule has 142 valence electrons. The second-order valence-corrected chi connectivity index (χ2v) is 6.77. The highest BCUT2D eigenvalue weighted by molar-refractivity contribution is 5.84. The number of fused-ring (bicyclic) bond motifs is 2. The van der Waals surface area contributed by atoms with Crippen LogP contribution in [0.3, 0.4) is 0 Å². The first-order chi connectivity index (χ1) is 14.3. The minimum absolute atomic E-state index is 0.00344. The number of nitrogens with zero attached hydrogens (tertiary/aromatic N) is 5. The number of hydrogen-bond acceptors (Lipinski definition) is 6. The maximum Gasteiger partial charge on any atom is 0.182 e. The van der Waals surface area contributed by atoms with E-state index in [9.17, 15) is 0 Å². The largest absolute Gasteiger partial charge is 0.361 e. The molecule has 0 saturated carbocycles. The molecule has 29 heavy (non-hydrogen) atoms. The molecular formula is C22H19N7. The molecule has 0 aliphatic rings. The molecule has 0 bridgehead atoms. The molecule has 4 aromatic heterocycles. The van der Waals surface area contributed by atoms with Crippen LogP contribution >= 0.6 is 0 Å². The summed E-state index contributed by atoms with van der Waals surface area (Å²) < 4.78 is 0. The molecule has 0 spiro atoms. The molecule has 1 aromatic carbocycles. The van der Waals surface area contributed by atoms with Crippen molar-refractivity contribution in [3.05, 3.63) is 72.9 Å². The molecule has 0 fully saturated rings. The van der Waals surface area contributed by atoms with Crippen LogP contribution in [0, 0.1) is 0 Å². The molecule has 0 saturated heterocycles. The number of pyridine rings is 2. The summed E-state index contributed by atoms with van der Waals surface area (Å²) in [5.74, 6) is 0.727. The van der Waals surface area contributed by atoms with E-state index in [4.69, 9.17) is 4.98 Å². The molecule has 2 N–H and O–H groups in total. The summed E-state index contributed by atoms with van der Waals surface area (Å²) in [6.45, 7) is 2.14. The molecule has 1 unspecified atom stereocenters. The molecule has 0 amide bonds. The lowest BCUT2D eigenvalue weighted by atomic mass is 9.97. The Labute approximate surface area is 167 Å². The van der Waals surface area contributed by atoms with Crippen LogP contribution in [0.4, 0.5) is 5.82 Å². The van der Waals surface area contributed by atoms with E-state index in [1.54, 1.807) is 12.5 Å². The van der Waals surface area contributed by atoms with Crippen LogP contribution in [0.5, 0.6) is 0 Å². The van der Waals surface area contributed by atoms with Gasteiger partial charge in [-0.1, -0.05) is 37.3 Å². The Bertz CT molecular complexity index is 1280. The molecule has 0 radical (unpaired) electrons. The number of aromatic nitrogens is 6. The summed E-state index contributed by atoms with van der Waals surface area (Å²) in [6, 6.07) is 16.4. The Hall–Kier alpha value is -3.87. The van der Waals surface area contributed by atoms with Crippen LogP contribution < -0.4 is 5.32 Å². The number of benzene rings is 1. The Morgan fingerprint density at radius 1 is 0.966 bits per heavy atom. The van der Waals surface area contributed by atoms with Crippen molar-refractivity contribution < 1.29 is 0 Å². The lowest BCUT2D eigenvalue weighted by molar-refractivity contribution is 0.745. The molecule has 0 aliphatic heterocycles. The van der Waals surface area contributed by atoms with E-state index in [0.717, 1.165) is 45.6 Å². The molecule has 1 atom stereocenters. The first-order valence-electron chi connectivity index (χ1n) is 9.55. The molecule has 0 aliphatic carbocycles. The SMILES string of the molecule is CCC(Nc1ncnc2nc[nH]c12)c1cc2cccnc2nc1-c1ccccc1. The van der Waals surface area contributed by atoms with Crippen molar-refractivity contribution in [1.82, 2.24) is 29.9 Å². The quantitative estimate of drug-likeness (QED) is 0.465. The highest BCUT2D eigenvalue weighted by atomic mass is 15.1. The van der Waals surface area contributed by atoms with Gasteiger partial charge in [-0.15, -0.1) is 0 Å². The third-order valence-electron chi connectivity index (χ3n) is 4.98. The predicted octanol–water partition coefficient (Wildman–Crippen LogP) is 4.53. The number of imidazole rings is 1. The fraction of sp³-hybridized carbons (Fsp3) is 0.136. The summed E-state index contributed by atoms with van der Waals surface area (Å²) in [5, 5.41) is 4.58. The van der Waals surface area contributed by atoms with Crippen LogP contribution in [-0.2, 0) is 0 Å². The van der Waals surface area contributed by atoms with Crippen LogP contribution in [-0.4, -0.2) is 29.9 Å². The molecule has 5 rings (SSSR count). The minimum atomic E-state index is 0.00344. The lowest BCUT2D eigenvalue weighted by Gasteiger charge is -2.21. The molecule has 7 heteroatoms. The topological polar surface area (TPSA) is 92.3 Å². The number of hydrogen-bond donors (Lipinski definition) is 2. The predicted molar refractivity (Wildman–Crippen MR) is 113 cm³/mol. The van der Waals surface area contributed by atoms with Crippen molar-refractivity contribution in [2.75, 3.05) is 5.32 Å². The Kier molecular flexibility index (Phi) is 4.32. The van der Waals surface area contributed by atoms with Gasteiger partial charge >= 0.3 is 0 Å². The van der Waals surface area contributed by atoms with E-state index in [1.807, 2.05) is 30.3 Å². The van der Waals surface area contributed by atoms with Crippen LogP contribution in [0.1, 0.15) is 24.9 Å². The Balaban J connectivity index is 1.66. The highest BCUT2D eigenvalue weighted by Gasteiger charge is 2.19. The van der Waals surface area contributed by atoms with Gasteiger partial charge in [0.2, 0.25) is 0 Å². The summed E-state index contributed by atoms with van der Waals surface area (Å²) in [6.07, 6.45) is 5.78. The van der Waals surface area contributed by atoms with Crippen molar-refractivity contribution in [3.8, 4) is 11.3 Å². The molecular weight excluding hydrogens is 362 g/mol.